The summed E-state index contributed by atoms with van der Waals surface area (Å²) in [5.74, 6) is -1.20. The molecule has 1 aromatic heterocycles. The molecule has 0 aliphatic carbocycles. The predicted octanol–water partition coefficient (Wildman–Crippen LogP) is 1.77. The van der Waals surface area contributed by atoms with Gasteiger partial charge in [-0.25, -0.2) is 18.8 Å². The summed E-state index contributed by atoms with van der Waals surface area (Å²) in [5.41, 5.74) is 4.45. The van der Waals surface area contributed by atoms with E-state index in [0.29, 0.717) is 19.0 Å². The predicted molar refractivity (Wildman–Crippen MR) is 98.3 cm³/mol. The van der Waals surface area contributed by atoms with Gasteiger partial charge in [0.1, 0.15) is 17.2 Å². The Balaban J connectivity index is 1.61. The highest BCUT2D eigenvalue weighted by Crippen LogP contribution is 2.25. The van der Waals surface area contributed by atoms with E-state index in [2.05, 4.69) is 14.9 Å². The number of nitrogens with two attached hydrogens (primary N) is 1. The van der Waals surface area contributed by atoms with Gasteiger partial charge in [-0.1, -0.05) is 6.07 Å². The molecule has 0 spiro atoms. The summed E-state index contributed by atoms with van der Waals surface area (Å²) in [6.07, 6.45) is 1.78. The van der Waals surface area contributed by atoms with Crippen LogP contribution in [0.3, 0.4) is 0 Å². The van der Waals surface area contributed by atoms with E-state index in [9.17, 15) is 13.9 Å². The van der Waals surface area contributed by atoms with Crippen molar-refractivity contribution in [3.63, 3.8) is 0 Å². The Morgan fingerprint density at radius 3 is 2.69 bits per heavy atom. The molecule has 1 saturated heterocycles. The number of thiazole rings is 1. The molecule has 1 unspecified atom stereocenters. The third kappa shape index (κ3) is 4.10. The van der Waals surface area contributed by atoms with Crippen molar-refractivity contribution in [1.29, 1.82) is 0 Å². The zero-order valence-electron chi connectivity index (χ0n) is 14.4. The number of nitrogens with zero attached hydrogens (tertiary/aromatic N) is 4. The smallest absolute Gasteiger partial charge is 0.191 e. The molecule has 1 atom stereocenters. The van der Waals surface area contributed by atoms with Gasteiger partial charge < -0.3 is 20.6 Å². The molecule has 1 aliphatic rings. The number of aliphatic imine (C=N–C) groups is 1. The molecule has 1 aromatic carbocycles. The van der Waals surface area contributed by atoms with Crippen LogP contribution in [-0.2, 0) is 5.60 Å². The van der Waals surface area contributed by atoms with Crippen LogP contribution in [-0.4, -0.2) is 53.7 Å². The quantitative estimate of drug-likeness (QED) is 0.623. The fourth-order valence-corrected chi connectivity index (χ4v) is 3.54. The van der Waals surface area contributed by atoms with Crippen LogP contribution in [0.1, 0.15) is 12.5 Å². The maximum Gasteiger partial charge on any atom is 0.191 e. The second kappa shape index (κ2) is 7.55. The van der Waals surface area contributed by atoms with E-state index in [1.54, 1.807) is 17.5 Å². The van der Waals surface area contributed by atoms with Crippen LogP contribution < -0.4 is 10.6 Å². The third-order valence-electron chi connectivity index (χ3n) is 4.35. The van der Waals surface area contributed by atoms with E-state index in [-0.39, 0.29) is 12.1 Å². The molecule has 0 amide bonds. The highest BCUT2D eigenvalue weighted by molar-refractivity contribution is 7.13. The van der Waals surface area contributed by atoms with Gasteiger partial charge in [0.15, 0.2) is 11.1 Å². The number of benzene rings is 1. The van der Waals surface area contributed by atoms with Gasteiger partial charge in [-0.05, 0) is 13.0 Å². The zero-order valence-corrected chi connectivity index (χ0v) is 15.2. The lowest BCUT2D eigenvalue weighted by molar-refractivity contribution is 0.0630. The third-order valence-corrected chi connectivity index (χ3v) is 5.19. The van der Waals surface area contributed by atoms with Crippen molar-refractivity contribution >= 4 is 22.4 Å². The maximum absolute atomic E-state index is 13.9. The first-order valence-corrected chi connectivity index (χ1v) is 9.12. The molecular formula is C17H21F2N5OS. The summed E-state index contributed by atoms with van der Waals surface area (Å²) in [5, 5.41) is 13.4. The Kier molecular flexibility index (Phi) is 5.38. The minimum atomic E-state index is -1.58. The van der Waals surface area contributed by atoms with Gasteiger partial charge >= 0.3 is 0 Å². The zero-order chi connectivity index (χ0) is 18.7. The molecule has 3 N–H and O–H groups in total. The second-order valence-electron chi connectivity index (χ2n) is 6.36. The SMILES string of the molecule is CC(O)(CN=C(N)N1CCN(c2nccs2)CC1)c1ccc(F)cc1F. The minimum absolute atomic E-state index is 0.0101. The Morgan fingerprint density at radius 1 is 1.35 bits per heavy atom. The first kappa shape index (κ1) is 18.5. The highest BCUT2D eigenvalue weighted by atomic mass is 32.1. The molecule has 1 fully saturated rings. The van der Waals surface area contributed by atoms with E-state index in [4.69, 9.17) is 5.73 Å². The molecular weight excluding hydrogens is 360 g/mol. The number of hydrogen-bond acceptors (Lipinski definition) is 5. The van der Waals surface area contributed by atoms with Crippen molar-refractivity contribution in [3.05, 3.63) is 47.0 Å². The standard InChI is InChI=1S/C17H21F2N5OS/c1-17(25,13-3-2-12(18)10-14(13)19)11-22-15(20)23-5-7-24(8-6-23)16-21-4-9-26-16/h2-4,9-10,25H,5-8,11H2,1H3,(H2,20,22). The summed E-state index contributed by atoms with van der Waals surface area (Å²) in [6.45, 7) is 4.22. The van der Waals surface area contributed by atoms with Crippen LogP contribution >= 0.6 is 11.3 Å². The number of guanidine groups is 1. The van der Waals surface area contributed by atoms with Crippen LogP contribution in [0.5, 0.6) is 0 Å². The number of anilines is 1. The van der Waals surface area contributed by atoms with Crippen molar-refractivity contribution in [2.45, 2.75) is 12.5 Å². The molecule has 3 rings (SSSR count). The van der Waals surface area contributed by atoms with Crippen LogP contribution in [0.15, 0.2) is 34.8 Å². The summed E-state index contributed by atoms with van der Waals surface area (Å²) in [6, 6.07) is 3.08. The first-order chi connectivity index (χ1) is 12.4. The van der Waals surface area contributed by atoms with Gasteiger partial charge in [-0.2, -0.15) is 0 Å². The average molecular weight is 381 g/mol. The lowest BCUT2D eigenvalue weighted by Gasteiger charge is -2.35. The molecule has 26 heavy (non-hydrogen) atoms. The van der Waals surface area contributed by atoms with E-state index in [1.165, 1.54) is 13.0 Å². The molecule has 6 nitrogen and oxygen atoms in total. The molecule has 0 radical (unpaired) electrons. The maximum atomic E-state index is 13.9. The Morgan fingerprint density at radius 2 is 2.08 bits per heavy atom. The van der Waals surface area contributed by atoms with Crippen LogP contribution in [0.4, 0.5) is 13.9 Å². The monoisotopic (exact) mass is 381 g/mol. The fourth-order valence-electron chi connectivity index (χ4n) is 2.85. The number of rotatable bonds is 4. The Hall–Kier alpha value is -2.26. The van der Waals surface area contributed by atoms with Gasteiger partial charge in [0.05, 0.1) is 6.54 Å². The average Bonchev–Trinajstić information content (AvgIpc) is 3.14. The van der Waals surface area contributed by atoms with Crippen LogP contribution in [0, 0.1) is 11.6 Å². The molecule has 2 heterocycles. The van der Waals surface area contributed by atoms with E-state index in [1.807, 2.05) is 10.3 Å². The van der Waals surface area contributed by atoms with Gasteiger partial charge in [0.25, 0.3) is 0 Å². The summed E-state index contributed by atoms with van der Waals surface area (Å²) >= 11 is 1.59. The summed E-state index contributed by atoms with van der Waals surface area (Å²) in [4.78, 5) is 12.6. The second-order valence-corrected chi connectivity index (χ2v) is 7.23. The number of aliphatic hydroxyl groups is 1. The van der Waals surface area contributed by atoms with Crippen molar-refractivity contribution in [3.8, 4) is 0 Å². The molecule has 1 aliphatic heterocycles. The van der Waals surface area contributed by atoms with Gasteiger partial charge in [-0.3, -0.25) is 0 Å². The van der Waals surface area contributed by atoms with Crippen molar-refractivity contribution in [2.24, 2.45) is 10.7 Å². The van der Waals surface area contributed by atoms with Crippen LogP contribution in [0.25, 0.3) is 0 Å². The number of hydrogen-bond donors (Lipinski definition) is 2. The van der Waals surface area contributed by atoms with Gasteiger partial charge in [0.2, 0.25) is 0 Å². The first-order valence-electron chi connectivity index (χ1n) is 8.24. The Bertz CT molecular complexity index is 773. The van der Waals surface area contributed by atoms with E-state index < -0.39 is 17.2 Å². The minimum Gasteiger partial charge on any atom is -0.383 e. The van der Waals surface area contributed by atoms with Crippen molar-refractivity contribution in [1.82, 2.24) is 9.88 Å². The molecule has 0 bridgehead atoms. The van der Waals surface area contributed by atoms with Crippen LogP contribution in [0.2, 0.25) is 0 Å². The Labute approximate surface area is 154 Å². The lowest BCUT2D eigenvalue weighted by atomic mass is 9.95. The molecule has 0 saturated carbocycles. The van der Waals surface area contributed by atoms with Crippen molar-refractivity contribution in [2.75, 3.05) is 37.6 Å². The summed E-state index contributed by atoms with van der Waals surface area (Å²) < 4.78 is 26.9. The van der Waals surface area contributed by atoms with Crippen molar-refractivity contribution < 1.29 is 13.9 Å². The van der Waals surface area contributed by atoms with Gasteiger partial charge in [0, 0.05) is 49.4 Å². The molecule has 9 heteroatoms. The lowest BCUT2D eigenvalue weighted by Crippen LogP contribution is -2.51. The van der Waals surface area contributed by atoms with E-state index >= 15 is 0 Å². The fraction of sp³-hybridized carbons (Fsp3) is 0.412. The van der Waals surface area contributed by atoms with Gasteiger partial charge in [-0.15, -0.1) is 11.3 Å². The van der Waals surface area contributed by atoms with E-state index in [0.717, 1.165) is 30.4 Å². The number of aromatic nitrogens is 1. The largest absolute Gasteiger partial charge is 0.383 e. The number of halogens is 2. The summed E-state index contributed by atoms with van der Waals surface area (Å²) in [7, 11) is 0. The molecule has 140 valence electrons. The highest BCUT2D eigenvalue weighted by Gasteiger charge is 2.27. The molecule has 2 aromatic rings. The number of piperazine rings is 1. The normalized spacial score (nSPS) is 18.1. The topological polar surface area (TPSA) is 78.0 Å².